The molecule has 0 amide bonds. The van der Waals surface area contributed by atoms with Gasteiger partial charge in [0.1, 0.15) is 23.8 Å². The predicted octanol–water partition coefficient (Wildman–Crippen LogP) is 2.83. The topological polar surface area (TPSA) is 80.0 Å². The summed E-state index contributed by atoms with van der Waals surface area (Å²) in [5, 5.41) is 4.36. The minimum absolute atomic E-state index is 0.197. The number of nitrogens with zero attached hydrogens (tertiary/aromatic N) is 4. The molecule has 0 spiro atoms. The zero-order chi connectivity index (χ0) is 17.2. The number of anilines is 3. The van der Waals surface area contributed by atoms with Crippen molar-refractivity contribution in [2.45, 2.75) is 18.9 Å². The fourth-order valence-corrected chi connectivity index (χ4v) is 3.22. The monoisotopic (exact) mass is 338 g/mol. The van der Waals surface area contributed by atoms with Gasteiger partial charge in [-0.3, -0.25) is 0 Å². The molecule has 128 valence electrons. The summed E-state index contributed by atoms with van der Waals surface area (Å²) in [4.78, 5) is 15.0. The molecule has 1 fully saturated rings. The lowest BCUT2D eigenvalue weighted by atomic mass is 10.0. The second-order valence-corrected chi connectivity index (χ2v) is 6.22. The summed E-state index contributed by atoms with van der Waals surface area (Å²) in [6.07, 6.45) is 3.40. The van der Waals surface area contributed by atoms with Crippen molar-refractivity contribution in [1.82, 2.24) is 15.0 Å². The van der Waals surface area contributed by atoms with E-state index in [9.17, 15) is 4.39 Å². The Morgan fingerprint density at radius 3 is 2.76 bits per heavy atom. The van der Waals surface area contributed by atoms with Crippen LogP contribution in [0.25, 0.3) is 11.0 Å². The fourth-order valence-electron chi connectivity index (χ4n) is 3.22. The molecule has 1 aliphatic rings. The normalized spacial score (nSPS) is 15.5. The molecular formula is C18H19FN6. The summed E-state index contributed by atoms with van der Waals surface area (Å²) in [5.74, 6) is 1.03. The Morgan fingerprint density at radius 2 is 1.96 bits per heavy atom. The number of hydrogen-bond acceptors (Lipinski definition) is 6. The van der Waals surface area contributed by atoms with E-state index in [1.54, 1.807) is 18.2 Å². The zero-order valence-corrected chi connectivity index (χ0v) is 13.7. The first-order valence-corrected chi connectivity index (χ1v) is 8.33. The second-order valence-electron chi connectivity index (χ2n) is 6.22. The highest BCUT2D eigenvalue weighted by atomic mass is 19.1. The lowest BCUT2D eigenvalue weighted by Crippen LogP contribution is -2.39. The van der Waals surface area contributed by atoms with E-state index < -0.39 is 0 Å². The number of fused-ring (bicyclic) bond motifs is 1. The van der Waals surface area contributed by atoms with Crippen LogP contribution in [-0.2, 0) is 0 Å². The second kappa shape index (κ2) is 6.51. The maximum Gasteiger partial charge on any atom is 0.166 e. The fraction of sp³-hybridized carbons (Fsp3) is 0.278. The first-order valence-electron chi connectivity index (χ1n) is 8.33. The Bertz CT molecular complexity index is 892. The average Bonchev–Trinajstić information content (AvgIpc) is 2.62. The van der Waals surface area contributed by atoms with Gasteiger partial charge in [-0.05, 0) is 43.2 Å². The number of aromatic nitrogens is 3. The molecule has 7 heteroatoms. The highest BCUT2D eigenvalue weighted by Gasteiger charge is 2.20. The maximum absolute atomic E-state index is 13.4. The van der Waals surface area contributed by atoms with Gasteiger partial charge in [0.15, 0.2) is 5.65 Å². The van der Waals surface area contributed by atoms with Crippen LogP contribution in [0.15, 0.2) is 42.7 Å². The number of hydrogen-bond donors (Lipinski definition) is 2. The van der Waals surface area contributed by atoms with E-state index in [2.05, 4.69) is 25.2 Å². The van der Waals surface area contributed by atoms with Gasteiger partial charge in [0.2, 0.25) is 0 Å². The molecule has 0 saturated carbocycles. The van der Waals surface area contributed by atoms with Crippen molar-refractivity contribution in [3.8, 4) is 0 Å². The van der Waals surface area contributed by atoms with E-state index in [0.717, 1.165) is 42.8 Å². The van der Waals surface area contributed by atoms with Gasteiger partial charge >= 0.3 is 0 Å². The lowest BCUT2D eigenvalue weighted by Gasteiger charge is -2.34. The number of nitrogens with one attached hydrogen (secondary N) is 1. The molecule has 0 aliphatic carbocycles. The number of rotatable bonds is 3. The van der Waals surface area contributed by atoms with Crippen LogP contribution >= 0.6 is 0 Å². The number of halogens is 1. The number of nitrogen functional groups attached to an aromatic ring is 1. The van der Waals surface area contributed by atoms with E-state index in [-0.39, 0.29) is 5.82 Å². The Balaban J connectivity index is 1.45. The molecule has 1 saturated heterocycles. The highest BCUT2D eigenvalue weighted by Crippen LogP contribution is 2.24. The van der Waals surface area contributed by atoms with Crippen molar-refractivity contribution in [3.63, 3.8) is 0 Å². The third-order valence-corrected chi connectivity index (χ3v) is 4.53. The lowest BCUT2D eigenvalue weighted by molar-refractivity contribution is 0.524. The molecule has 2 aromatic heterocycles. The third kappa shape index (κ3) is 3.31. The van der Waals surface area contributed by atoms with Gasteiger partial charge in [-0.2, -0.15) is 0 Å². The van der Waals surface area contributed by atoms with E-state index >= 15 is 0 Å². The van der Waals surface area contributed by atoms with Crippen LogP contribution in [0.2, 0.25) is 0 Å². The quantitative estimate of drug-likeness (QED) is 0.764. The molecule has 0 bridgehead atoms. The van der Waals surface area contributed by atoms with Gasteiger partial charge < -0.3 is 16.0 Å². The van der Waals surface area contributed by atoms with E-state index in [1.807, 2.05) is 12.1 Å². The minimum atomic E-state index is -0.197. The van der Waals surface area contributed by atoms with E-state index in [0.29, 0.717) is 17.5 Å². The van der Waals surface area contributed by atoms with Crippen LogP contribution in [0.5, 0.6) is 0 Å². The molecule has 6 nitrogen and oxygen atoms in total. The van der Waals surface area contributed by atoms with Crippen molar-refractivity contribution < 1.29 is 4.39 Å². The first-order chi connectivity index (χ1) is 12.2. The maximum atomic E-state index is 13.4. The van der Waals surface area contributed by atoms with Crippen LogP contribution in [0, 0.1) is 5.82 Å². The molecule has 3 aromatic rings. The van der Waals surface area contributed by atoms with Crippen LogP contribution in [0.1, 0.15) is 12.8 Å². The summed E-state index contributed by atoms with van der Waals surface area (Å²) in [6, 6.07) is 10.7. The Kier molecular flexibility index (Phi) is 4.05. The SMILES string of the molecule is Nc1ccc2c(NC3CCN(c4cccc(F)c4)CC3)ncnc2n1. The van der Waals surface area contributed by atoms with Gasteiger partial charge in [0, 0.05) is 24.8 Å². The number of piperidine rings is 1. The van der Waals surface area contributed by atoms with E-state index in [1.165, 1.54) is 12.4 Å². The van der Waals surface area contributed by atoms with Crippen LogP contribution in [-0.4, -0.2) is 34.1 Å². The summed E-state index contributed by atoms with van der Waals surface area (Å²) in [7, 11) is 0. The number of pyridine rings is 1. The van der Waals surface area contributed by atoms with Crippen LogP contribution < -0.4 is 16.0 Å². The van der Waals surface area contributed by atoms with Crippen molar-refractivity contribution in [1.29, 1.82) is 0 Å². The van der Waals surface area contributed by atoms with Gasteiger partial charge in [-0.25, -0.2) is 19.3 Å². The molecule has 0 unspecified atom stereocenters. The molecule has 4 rings (SSSR count). The Labute approximate surface area is 144 Å². The largest absolute Gasteiger partial charge is 0.384 e. The van der Waals surface area contributed by atoms with E-state index in [4.69, 9.17) is 5.73 Å². The molecule has 0 atom stereocenters. The van der Waals surface area contributed by atoms with Gasteiger partial charge in [0.25, 0.3) is 0 Å². The summed E-state index contributed by atoms with van der Waals surface area (Å²) >= 11 is 0. The smallest absolute Gasteiger partial charge is 0.166 e. The Hall–Kier alpha value is -2.96. The standard InChI is InChI=1S/C18H19FN6/c19-12-2-1-3-14(10-12)25-8-6-13(7-9-25)23-17-15-4-5-16(20)24-18(15)22-11-21-17/h1-5,10-11,13H,6-9H2,(H3,20,21,22,23,24). The van der Waals surface area contributed by atoms with Crippen molar-refractivity contribution in [2.24, 2.45) is 0 Å². The molecule has 1 aliphatic heterocycles. The van der Waals surface area contributed by atoms with Crippen LogP contribution in [0.3, 0.4) is 0 Å². The molecule has 3 heterocycles. The summed E-state index contributed by atoms with van der Waals surface area (Å²) in [5.41, 5.74) is 7.24. The number of benzene rings is 1. The Morgan fingerprint density at radius 1 is 1.12 bits per heavy atom. The highest BCUT2D eigenvalue weighted by molar-refractivity contribution is 5.87. The van der Waals surface area contributed by atoms with Gasteiger partial charge in [-0.1, -0.05) is 6.07 Å². The molecular weight excluding hydrogens is 319 g/mol. The third-order valence-electron chi connectivity index (χ3n) is 4.53. The first kappa shape index (κ1) is 15.6. The van der Waals surface area contributed by atoms with Gasteiger partial charge in [-0.15, -0.1) is 0 Å². The van der Waals surface area contributed by atoms with Crippen molar-refractivity contribution in [2.75, 3.05) is 29.0 Å². The zero-order valence-electron chi connectivity index (χ0n) is 13.7. The molecule has 1 aromatic carbocycles. The van der Waals surface area contributed by atoms with Crippen molar-refractivity contribution >= 4 is 28.4 Å². The summed E-state index contributed by atoms with van der Waals surface area (Å²) in [6.45, 7) is 1.74. The molecule has 25 heavy (non-hydrogen) atoms. The van der Waals surface area contributed by atoms with Crippen molar-refractivity contribution in [3.05, 3.63) is 48.5 Å². The average molecular weight is 338 g/mol. The predicted molar refractivity (Wildman–Crippen MR) is 97.0 cm³/mol. The minimum Gasteiger partial charge on any atom is -0.384 e. The summed E-state index contributed by atoms with van der Waals surface area (Å²) < 4.78 is 13.4. The van der Waals surface area contributed by atoms with Gasteiger partial charge in [0.05, 0.1) is 5.39 Å². The van der Waals surface area contributed by atoms with Crippen LogP contribution in [0.4, 0.5) is 21.7 Å². The molecule has 3 N–H and O–H groups in total. The number of nitrogens with two attached hydrogens (primary N) is 1. The molecule has 0 radical (unpaired) electrons.